The van der Waals surface area contributed by atoms with Gasteiger partial charge in [-0.1, -0.05) is 48.2 Å². The zero-order chi connectivity index (χ0) is 21.6. The van der Waals surface area contributed by atoms with E-state index in [0.29, 0.717) is 22.9 Å². The van der Waals surface area contributed by atoms with Crippen molar-refractivity contribution in [2.45, 2.75) is 11.4 Å². The topological polar surface area (TPSA) is 64.1 Å². The van der Waals surface area contributed by atoms with Crippen molar-refractivity contribution in [1.29, 1.82) is 0 Å². The molecule has 1 N–H and O–H groups in total. The molecule has 1 heterocycles. The average Bonchev–Trinajstić information content (AvgIpc) is 2.79. The monoisotopic (exact) mass is 433 g/mol. The molecular formula is C24H20FN3O2S. The van der Waals surface area contributed by atoms with Crippen LogP contribution in [0.15, 0.2) is 77.8 Å². The number of aromatic nitrogens is 2. The van der Waals surface area contributed by atoms with Crippen LogP contribution < -0.4 is 10.1 Å². The second-order valence-electron chi connectivity index (χ2n) is 6.80. The molecule has 7 heteroatoms. The molecule has 4 rings (SSSR count). The zero-order valence-electron chi connectivity index (χ0n) is 16.8. The maximum absolute atomic E-state index is 13.3. The van der Waals surface area contributed by atoms with Crippen LogP contribution in [0.2, 0.25) is 0 Å². The van der Waals surface area contributed by atoms with E-state index in [4.69, 9.17) is 14.7 Å². The van der Waals surface area contributed by atoms with E-state index in [9.17, 15) is 9.18 Å². The van der Waals surface area contributed by atoms with E-state index >= 15 is 0 Å². The molecule has 3 aromatic carbocycles. The maximum Gasteiger partial charge on any atom is 0.234 e. The lowest BCUT2D eigenvalue weighted by Gasteiger charge is -2.11. The second-order valence-corrected chi connectivity index (χ2v) is 7.77. The van der Waals surface area contributed by atoms with Crippen LogP contribution in [0.4, 0.5) is 10.1 Å². The van der Waals surface area contributed by atoms with Gasteiger partial charge >= 0.3 is 0 Å². The van der Waals surface area contributed by atoms with E-state index < -0.39 is 0 Å². The summed E-state index contributed by atoms with van der Waals surface area (Å²) in [7, 11) is 1.56. The number of hydrogen-bond acceptors (Lipinski definition) is 5. The smallest absolute Gasteiger partial charge is 0.234 e. The minimum absolute atomic E-state index is 0.168. The Morgan fingerprint density at radius 2 is 1.65 bits per heavy atom. The molecule has 0 spiro atoms. The van der Waals surface area contributed by atoms with Gasteiger partial charge in [-0.3, -0.25) is 4.79 Å². The predicted molar refractivity (Wildman–Crippen MR) is 121 cm³/mol. The molecule has 0 atom stereocenters. The molecule has 1 amide bonds. The van der Waals surface area contributed by atoms with Crippen molar-refractivity contribution in [3.63, 3.8) is 0 Å². The SMILES string of the molecule is COc1ccccc1NC(=O)CSc1nc2ccccc2nc1Cc1ccc(F)cc1. The summed E-state index contributed by atoms with van der Waals surface area (Å²) in [6, 6.07) is 21.2. The summed E-state index contributed by atoms with van der Waals surface area (Å²) in [6.45, 7) is 0. The summed E-state index contributed by atoms with van der Waals surface area (Å²) in [5.41, 5.74) is 3.83. The summed E-state index contributed by atoms with van der Waals surface area (Å²) in [6.07, 6.45) is 0.495. The summed E-state index contributed by atoms with van der Waals surface area (Å²) < 4.78 is 18.6. The third-order valence-electron chi connectivity index (χ3n) is 4.61. The van der Waals surface area contributed by atoms with Crippen molar-refractivity contribution in [1.82, 2.24) is 9.97 Å². The standard InChI is InChI=1S/C24H20FN3O2S/c1-30-22-9-5-4-8-20(22)27-23(29)15-31-24-21(14-16-10-12-17(25)13-11-16)26-18-6-2-3-7-19(18)28-24/h2-13H,14-15H2,1H3,(H,27,29). The van der Waals surface area contributed by atoms with Crippen LogP contribution in [-0.4, -0.2) is 28.7 Å². The minimum atomic E-state index is -0.282. The van der Waals surface area contributed by atoms with Crippen molar-refractivity contribution in [2.24, 2.45) is 0 Å². The van der Waals surface area contributed by atoms with Crippen LogP contribution in [0.5, 0.6) is 5.75 Å². The number of hydrogen-bond donors (Lipinski definition) is 1. The van der Waals surface area contributed by atoms with Crippen LogP contribution in [0, 0.1) is 5.82 Å². The van der Waals surface area contributed by atoms with Crippen molar-refractivity contribution in [2.75, 3.05) is 18.2 Å². The van der Waals surface area contributed by atoms with Crippen molar-refractivity contribution in [3.8, 4) is 5.75 Å². The number of amides is 1. The van der Waals surface area contributed by atoms with Gasteiger partial charge in [0.15, 0.2) is 0 Å². The Bertz CT molecular complexity index is 1220. The van der Waals surface area contributed by atoms with Crippen molar-refractivity contribution >= 4 is 34.4 Å². The van der Waals surface area contributed by atoms with Crippen LogP contribution in [0.1, 0.15) is 11.3 Å². The first-order chi connectivity index (χ1) is 15.1. The third kappa shape index (κ3) is 5.19. The third-order valence-corrected chi connectivity index (χ3v) is 5.62. The van der Waals surface area contributed by atoms with E-state index in [1.165, 1.54) is 23.9 Å². The number of nitrogens with one attached hydrogen (secondary N) is 1. The molecule has 0 aliphatic heterocycles. The Kier molecular flexibility index (Phi) is 6.43. The van der Waals surface area contributed by atoms with E-state index in [1.807, 2.05) is 36.4 Å². The molecule has 0 saturated heterocycles. The molecule has 156 valence electrons. The Balaban J connectivity index is 1.55. The van der Waals surface area contributed by atoms with E-state index in [-0.39, 0.29) is 17.5 Å². The zero-order valence-corrected chi connectivity index (χ0v) is 17.7. The fraction of sp³-hybridized carbons (Fsp3) is 0.125. The molecule has 0 aliphatic rings. The lowest BCUT2D eigenvalue weighted by atomic mass is 10.1. The number of ether oxygens (including phenoxy) is 1. The van der Waals surface area contributed by atoms with Gasteiger partial charge in [0.2, 0.25) is 5.91 Å². The number of thioether (sulfide) groups is 1. The molecule has 0 radical (unpaired) electrons. The lowest BCUT2D eigenvalue weighted by molar-refractivity contribution is -0.113. The summed E-state index contributed by atoms with van der Waals surface area (Å²) in [5.74, 6) is 0.318. The van der Waals surface area contributed by atoms with Gasteiger partial charge in [-0.05, 0) is 42.0 Å². The van der Waals surface area contributed by atoms with Crippen molar-refractivity contribution < 1.29 is 13.9 Å². The predicted octanol–water partition coefficient (Wildman–Crippen LogP) is 5.10. The fourth-order valence-electron chi connectivity index (χ4n) is 3.11. The highest BCUT2D eigenvalue weighted by Crippen LogP contribution is 2.26. The number of benzene rings is 3. The lowest BCUT2D eigenvalue weighted by Crippen LogP contribution is -2.15. The van der Waals surface area contributed by atoms with E-state index in [0.717, 1.165) is 22.3 Å². The molecule has 0 fully saturated rings. The second kappa shape index (κ2) is 9.57. The number of para-hydroxylation sites is 4. The van der Waals surface area contributed by atoms with Crippen molar-refractivity contribution in [3.05, 3.63) is 89.9 Å². The average molecular weight is 434 g/mol. The highest BCUT2D eigenvalue weighted by molar-refractivity contribution is 8.00. The summed E-state index contributed by atoms with van der Waals surface area (Å²) in [5, 5.41) is 3.55. The first-order valence-electron chi connectivity index (χ1n) is 9.68. The number of rotatable bonds is 7. The number of fused-ring (bicyclic) bond motifs is 1. The largest absolute Gasteiger partial charge is 0.495 e. The molecule has 0 saturated carbocycles. The molecule has 0 unspecified atom stereocenters. The molecule has 31 heavy (non-hydrogen) atoms. The van der Waals surface area contributed by atoms with E-state index in [2.05, 4.69) is 5.32 Å². The summed E-state index contributed by atoms with van der Waals surface area (Å²) >= 11 is 1.32. The Morgan fingerprint density at radius 3 is 2.39 bits per heavy atom. The molecule has 0 aliphatic carbocycles. The number of methoxy groups -OCH3 is 1. The van der Waals surface area contributed by atoms with Gasteiger partial charge in [-0.25, -0.2) is 14.4 Å². The Hall–Kier alpha value is -3.45. The number of carbonyl (C=O) groups excluding carboxylic acids is 1. The fourth-order valence-corrected chi connectivity index (χ4v) is 3.90. The number of carbonyl (C=O) groups is 1. The molecule has 1 aromatic heterocycles. The highest BCUT2D eigenvalue weighted by Gasteiger charge is 2.14. The Morgan fingerprint density at radius 1 is 0.968 bits per heavy atom. The number of halogens is 1. The van der Waals surface area contributed by atoms with E-state index in [1.54, 1.807) is 31.4 Å². The Labute approximate surface area is 183 Å². The van der Waals surface area contributed by atoms with Crippen LogP contribution in [0.25, 0.3) is 11.0 Å². The van der Waals surface area contributed by atoms with Crippen LogP contribution >= 0.6 is 11.8 Å². The molecule has 5 nitrogen and oxygen atoms in total. The molecule has 4 aromatic rings. The number of anilines is 1. The first-order valence-corrected chi connectivity index (χ1v) is 10.7. The van der Waals surface area contributed by atoms with Gasteiger partial charge in [0.05, 0.1) is 35.3 Å². The highest BCUT2D eigenvalue weighted by atomic mass is 32.2. The van der Waals surface area contributed by atoms with Gasteiger partial charge in [0.25, 0.3) is 0 Å². The van der Waals surface area contributed by atoms with Gasteiger partial charge < -0.3 is 10.1 Å². The maximum atomic E-state index is 13.3. The number of nitrogens with zero attached hydrogens (tertiary/aromatic N) is 2. The van der Waals surface area contributed by atoms with Crippen LogP contribution in [0.3, 0.4) is 0 Å². The van der Waals surface area contributed by atoms with Gasteiger partial charge in [0, 0.05) is 6.42 Å². The quantitative estimate of drug-likeness (QED) is 0.411. The first kappa shape index (κ1) is 20.8. The van der Waals surface area contributed by atoms with Gasteiger partial charge in [0.1, 0.15) is 16.6 Å². The minimum Gasteiger partial charge on any atom is -0.495 e. The summed E-state index contributed by atoms with van der Waals surface area (Å²) in [4.78, 5) is 22.0. The molecule has 0 bridgehead atoms. The van der Waals surface area contributed by atoms with Gasteiger partial charge in [-0.15, -0.1) is 0 Å². The molecular weight excluding hydrogens is 413 g/mol. The normalized spacial score (nSPS) is 10.8. The van der Waals surface area contributed by atoms with Crippen LogP contribution in [-0.2, 0) is 11.2 Å². The van der Waals surface area contributed by atoms with Gasteiger partial charge in [-0.2, -0.15) is 0 Å².